The number of ether oxygens (including phenoxy) is 2. The van der Waals surface area contributed by atoms with Crippen molar-refractivity contribution in [3.63, 3.8) is 0 Å². The van der Waals surface area contributed by atoms with Gasteiger partial charge in [0.2, 0.25) is 11.9 Å². The smallest absolute Gasteiger partial charge is 0.229 e. The Hall–Kier alpha value is -7.37. The van der Waals surface area contributed by atoms with Crippen molar-refractivity contribution in [1.82, 2.24) is 63.7 Å². The topological polar surface area (TPSA) is 182 Å². The van der Waals surface area contributed by atoms with Crippen molar-refractivity contribution in [2.24, 2.45) is 0 Å². The molecule has 18 nitrogen and oxygen atoms in total. The molecule has 10 rings (SSSR count). The molecule has 8 aromatic rings. The zero-order valence-corrected chi connectivity index (χ0v) is 48.4. The van der Waals surface area contributed by atoms with E-state index in [1.54, 1.807) is 24.4 Å². The number of imidazole rings is 2. The summed E-state index contributed by atoms with van der Waals surface area (Å²) in [5.41, 5.74) is 3.78. The van der Waals surface area contributed by atoms with E-state index in [2.05, 4.69) is 86.2 Å². The number of nitrogens with one attached hydrogen (secondary N) is 2. The molecule has 2 aliphatic rings. The second kappa shape index (κ2) is 25.4. The van der Waals surface area contributed by atoms with E-state index in [9.17, 15) is 18.0 Å². The average Bonchev–Trinajstić information content (AvgIpc) is 4.23. The molecule has 0 saturated carbocycles. The normalized spacial score (nSPS) is 18.0. The zero-order chi connectivity index (χ0) is 58.5. The quantitative estimate of drug-likeness (QED) is 0.0576. The van der Waals surface area contributed by atoms with Crippen LogP contribution in [-0.4, -0.2) is 141 Å². The second-order valence-corrected chi connectivity index (χ2v) is 22.1. The number of carbonyl (C=O) groups excluding carboxylic acids is 1. The lowest BCUT2D eigenvalue weighted by Crippen LogP contribution is -2.52. The largest absolute Gasteiger partial charge is 0.372 e. The van der Waals surface area contributed by atoms with Crippen LogP contribution in [0, 0.1) is 37.1 Å². The first kappa shape index (κ1) is 59.3. The first-order chi connectivity index (χ1) is 39.3. The maximum Gasteiger partial charge on any atom is 0.229 e. The van der Waals surface area contributed by atoms with Crippen molar-refractivity contribution in [3.05, 3.63) is 119 Å². The minimum absolute atomic E-state index is 0.0000658. The van der Waals surface area contributed by atoms with E-state index in [1.807, 2.05) is 82.0 Å². The van der Waals surface area contributed by atoms with Crippen LogP contribution >= 0.6 is 0 Å². The third-order valence-electron chi connectivity index (χ3n) is 15.3. The highest BCUT2D eigenvalue weighted by Gasteiger charge is 2.36. The van der Waals surface area contributed by atoms with Gasteiger partial charge in [0, 0.05) is 87.8 Å². The Bertz CT molecular complexity index is 3520. The molecular formula is C60H73F4N15O3. The minimum Gasteiger partial charge on any atom is -0.372 e. The monoisotopic (exact) mass is 1130 g/mol. The number of aldehydes is 1. The van der Waals surface area contributed by atoms with Crippen LogP contribution in [0.4, 0.5) is 41.1 Å². The third kappa shape index (κ3) is 13.4. The van der Waals surface area contributed by atoms with Crippen LogP contribution < -0.4 is 10.6 Å². The highest BCUT2D eigenvalue weighted by molar-refractivity contribution is 5.84. The molecule has 0 unspecified atom stereocenters. The summed E-state index contributed by atoms with van der Waals surface area (Å²) in [5.74, 6) is 0.329. The third-order valence-corrected chi connectivity index (χ3v) is 15.3. The summed E-state index contributed by atoms with van der Waals surface area (Å²) < 4.78 is 75.8. The van der Waals surface area contributed by atoms with Gasteiger partial charge in [-0.25, -0.2) is 57.4 Å². The molecule has 2 aliphatic heterocycles. The Balaban J connectivity index is 0.000000198. The molecule has 22 heteroatoms. The summed E-state index contributed by atoms with van der Waals surface area (Å²) in [6, 6.07) is 13.7. The maximum absolute atomic E-state index is 15.0. The molecule has 0 amide bonds. The van der Waals surface area contributed by atoms with Crippen molar-refractivity contribution < 1.29 is 31.8 Å². The summed E-state index contributed by atoms with van der Waals surface area (Å²) in [6.45, 7) is 22.8. The predicted octanol–water partition coefficient (Wildman–Crippen LogP) is 11.1. The average molecular weight is 1130 g/mol. The zero-order valence-electron chi connectivity index (χ0n) is 48.4. The Morgan fingerprint density at radius 1 is 0.622 bits per heavy atom. The fourth-order valence-corrected chi connectivity index (χ4v) is 11.0. The molecule has 82 heavy (non-hydrogen) atoms. The SMILES string of the molecule is CC[C@@]1(CC=O)CN(Cc2ccc(Nc3ncc(F)c(-c4cc(F)c5nc(C)n(C(C)C)c5c4)n3)nc2)CCO1.CC[C@@]1(CCN(C)C)CN(Cc2ccc(Nc3ncc(F)c(-c4cc(F)c5nc(C)n(C(C)C)c5c4)n3)nc2)CCO1. The number of rotatable bonds is 19. The fraction of sp³-hybridized carbons (Fsp3) is 0.450. The summed E-state index contributed by atoms with van der Waals surface area (Å²) in [5, 5.41) is 6.07. The number of carbonyl (C=O) groups is 1. The van der Waals surface area contributed by atoms with Crippen molar-refractivity contribution in [2.75, 3.05) is 70.7 Å². The summed E-state index contributed by atoms with van der Waals surface area (Å²) >= 11 is 0. The molecule has 0 aliphatic carbocycles. The van der Waals surface area contributed by atoms with E-state index in [1.165, 1.54) is 12.1 Å². The highest BCUT2D eigenvalue weighted by atomic mass is 19.1. The van der Waals surface area contributed by atoms with Crippen LogP contribution in [0.15, 0.2) is 73.3 Å². The van der Waals surface area contributed by atoms with Gasteiger partial charge in [0.1, 0.15) is 52.0 Å². The van der Waals surface area contributed by atoms with E-state index >= 15 is 4.39 Å². The van der Waals surface area contributed by atoms with Gasteiger partial charge in [-0.1, -0.05) is 26.0 Å². The number of benzene rings is 2. The minimum atomic E-state index is -0.664. The maximum atomic E-state index is 15.0. The first-order valence-electron chi connectivity index (χ1n) is 28.0. The molecule has 2 N–H and O–H groups in total. The standard InChI is InChI=1S/C31H40F2N8O.C29H33F2N7O2/c1-7-31(10-11-39(5)6)19-40(12-13-42-31)18-22-8-9-27(34-16-22)37-30-35-17-25(33)28(38-30)23-14-24(32)29-26(15-23)41(20(2)3)21(4)36-29;1-5-29(8-10-39)17-37(9-11-40-29)16-20-6-7-25(32-14-20)35-28-33-15-23(31)26(36-28)21-12-22(30)27-24(13-21)38(18(2)3)19(4)34-27/h8-9,14-17,20H,7,10-13,18-19H2,1-6H3,(H,34,35,37,38);6-7,10,12-15,18H,5,8-9,11,16-17H2,1-4H3,(H,32,33,35,36)/t31-;29-/m11/s1. The molecule has 2 atom stereocenters. The lowest BCUT2D eigenvalue weighted by atomic mass is 9.93. The van der Waals surface area contributed by atoms with Gasteiger partial charge in [-0.2, -0.15) is 0 Å². The molecule has 2 saturated heterocycles. The number of pyridine rings is 2. The molecule has 6 aromatic heterocycles. The van der Waals surface area contributed by atoms with E-state index in [0.29, 0.717) is 71.6 Å². The number of halogens is 4. The molecule has 2 fully saturated rings. The van der Waals surface area contributed by atoms with Crippen molar-refractivity contribution in [1.29, 1.82) is 0 Å². The van der Waals surface area contributed by atoms with Crippen LogP contribution in [0.1, 0.15) is 102 Å². The van der Waals surface area contributed by atoms with Gasteiger partial charge in [0.25, 0.3) is 0 Å². The van der Waals surface area contributed by atoms with Gasteiger partial charge in [-0.05, 0) is 122 Å². The molecule has 0 bridgehead atoms. The van der Waals surface area contributed by atoms with E-state index in [-0.39, 0.29) is 52.0 Å². The number of aromatic nitrogens is 10. The molecule has 0 spiro atoms. The van der Waals surface area contributed by atoms with Crippen molar-refractivity contribution >= 4 is 51.9 Å². The number of fused-ring (bicyclic) bond motifs is 2. The van der Waals surface area contributed by atoms with Gasteiger partial charge in [-0.3, -0.25) is 9.80 Å². The summed E-state index contributed by atoms with van der Waals surface area (Å²) in [7, 11) is 4.18. The van der Waals surface area contributed by atoms with Crippen LogP contribution in [-0.2, 0) is 27.4 Å². The number of nitrogens with zero attached hydrogens (tertiary/aromatic N) is 13. The number of hydrogen-bond acceptors (Lipinski definition) is 16. The summed E-state index contributed by atoms with van der Waals surface area (Å²) in [6.07, 6.45) is 9.77. The number of hydrogen-bond donors (Lipinski definition) is 2. The van der Waals surface area contributed by atoms with Crippen LogP contribution in [0.2, 0.25) is 0 Å². The van der Waals surface area contributed by atoms with Crippen LogP contribution in [0.3, 0.4) is 0 Å². The predicted molar refractivity (Wildman–Crippen MR) is 309 cm³/mol. The van der Waals surface area contributed by atoms with Crippen molar-refractivity contribution in [3.8, 4) is 22.5 Å². The van der Waals surface area contributed by atoms with Gasteiger partial charge >= 0.3 is 0 Å². The van der Waals surface area contributed by atoms with E-state index in [4.69, 9.17) is 9.47 Å². The number of aryl methyl sites for hydroxylation is 2. The van der Waals surface area contributed by atoms with E-state index < -0.39 is 28.9 Å². The molecule has 0 radical (unpaired) electrons. The van der Waals surface area contributed by atoms with Crippen LogP contribution in [0.5, 0.6) is 0 Å². The summed E-state index contributed by atoms with van der Waals surface area (Å²) in [4.78, 5) is 52.6. The molecule has 434 valence electrons. The first-order valence-corrected chi connectivity index (χ1v) is 28.0. The van der Waals surface area contributed by atoms with Gasteiger partial charge in [0.15, 0.2) is 23.3 Å². The van der Waals surface area contributed by atoms with Crippen molar-refractivity contribution in [2.45, 2.75) is 117 Å². The Labute approximate surface area is 475 Å². The lowest BCUT2D eigenvalue weighted by molar-refractivity contribution is -0.132. The highest BCUT2D eigenvalue weighted by Crippen LogP contribution is 2.34. The van der Waals surface area contributed by atoms with Gasteiger partial charge < -0.3 is 38.9 Å². The van der Waals surface area contributed by atoms with Gasteiger partial charge in [-0.15, -0.1) is 0 Å². The molecule has 8 heterocycles. The Kier molecular flexibility index (Phi) is 18.4. The van der Waals surface area contributed by atoms with Gasteiger partial charge in [0.05, 0.1) is 47.8 Å². The lowest BCUT2D eigenvalue weighted by Gasteiger charge is -2.43. The number of anilines is 4. The Morgan fingerprint density at radius 3 is 1.48 bits per heavy atom. The molecular weight excluding hydrogens is 1050 g/mol. The fourth-order valence-electron chi connectivity index (χ4n) is 11.0. The number of morpholine rings is 2. The molecule has 2 aromatic carbocycles. The van der Waals surface area contributed by atoms with Crippen LogP contribution in [0.25, 0.3) is 44.6 Å². The van der Waals surface area contributed by atoms with E-state index in [0.717, 1.165) is 88.4 Å². The second-order valence-electron chi connectivity index (χ2n) is 22.1. The Morgan fingerprint density at radius 2 is 1.07 bits per heavy atom.